The summed E-state index contributed by atoms with van der Waals surface area (Å²) < 4.78 is 30.9. The highest BCUT2D eigenvalue weighted by Gasteiger charge is 2.56. The fourth-order valence-corrected chi connectivity index (χ4v) is 16.6. The van der Waals surface area contributed by atoms with E-state index in [9.17, 15) is 0 Å². The first-order valence-electron chi connectivity index (χ1n) is 31.0. The van der Waals surface area contributed by atoms with Crippen molar-refractivity contribution in [2.75, 3.05) is 19.6 Å². The van der Waals surface area contributed by atoms with Gasteiger partial charge in [-0.1, -0.05) is 188 Å². The maximum absolute atomic E-state index is 7.72. The van der Waals surface area contributed by atoms with Gasteiger partial charge < -0.3 is 38.5 Å². The predicted octanol–water partition coefficient (Wildman–Crippen LogP) is 11.3. The number of para-hydroxylation sites is 10. The Balaban J connectivity index is 0.916. The Morgan fingerprint density at radius 1 is 0.200 bits per heavy atom. The molecule has 414 valence electrons. The van der Waals surface area contributed by atoms with Gasteiger partial charge in [-0.25, -0.2) is 0 Å². The topological polar surface area (TPSA) is 49.9 Å². The molecule has 0 radical (unpaired) electrons. The number of ether oxygens (including phenoxy) is 4. The monoisotopic (exact) mass is 1150 g/mol. The highest BCUT2D eigenvalue weighted by atomic mass is 16.5. The third kappa shape index (κ3) is 6.33. The number of rotatable bonds is 4. The molecule has 0 saturated carbocycles. The molecule has 0 atom stereocenters. The van der Waals surface area contributed by atoms with Crippen LogP contribution in [0.15, 0.2) is 279 Å². The lowest BCUT2D eigenvalue weighted by atomic mass is 9.29. The minimum absolute atomic E-state index is 0.186. The van der Waals surface area contributed by atoms with E-state index >= 15 is 0 Å². The molecular weight excluding hydrogens is 1100 g/mol. The summed E-state index contributed by atoms with van der Waals surface area (Å²) >= 11 is 0. The van der Waals surface area contributed by atoms with Gasteiger partial charge >= 0.3 is 0 Å². The number of hydrogen-bond donors (Lipinski definition) is 0. The van der Waals surface area contributed by atoms with Crippen molar-refractivity contribution >= 4 is 161 Å². The summed E-state index contributed by atoms with van der Waals surface area (Å²) in [4.78, 5) is 9.85. The van der Waals surface area contributed by atoms with Crippen molar-refractivity contribution in [2.24, 2.45) is 0 Å². The van der Waals surface area contributed by atoms with E-state index in [1.165, 1.54) is 10.9 Å². The Morgan fingerprint density at radius 2 is 0.433 bits per heavy atom. The number of fused-ring (bicyclic) bond motifs is 20. The molecule has 12 heteroatoms. The summed E-state index contributed by atoms with van der Waals surface area (Å²) in [5.74, 6) is 6.58. The molecule has 90 heavy (non-hydrogen) atoms. The molecule has 0 saturated heterocycles. The standard InChI is InChI=1S/C78H46B4N4O4/c1-5-25-47(26-6-1)83-59-39-19-13-33-51(59)79-53-35-15-21-41-63(53)87-75-67(79)71(83)77-69-73(75)85(49-29-9-3-10-30-49)61-46-62-58(45-57(61)81(69)55-37-17-23-43-65(55)89-77)82-56-38-18-24-44-66(56)90-78-70(82)74(86(62)50-31-11-4-12-32-50)76-68-72(78)84(48-27-7-2-8-28-48)60-40-20-14-34-52(60)80(68)54-36-16-22-42-64(54)88-76/h1-46H. The SMILES string of the molecule is c1ccc(N2c3ccccc3B3c4ccccc4Oc4c3c2c2c3c4N(c4ccccc4)c4cc5c(cc4B3c3ccccc3O2)B2c3ccccc3Oc3c2c(c2c4c3N(c3ccccc3)c3ccccc3B4c3ccccc3O2)N5c2ccccc2)cc1. The van der Waals surface area contributed by atoms with E-state index in [4.69, 9.17) is 18.9 Å². The van der Waals surface area contributed by atoms with Gasteiger partial charge in [-0.2, -0.15) is 0 Å². The van der Waals surface area contributed by atoms with E-state index in [1.54, 1.807) is 0 Å². The van der Waals surface area contributed by atoms with Gasteiger partial charge in [0.05, 0.1) is 22.7 Å². The zero-order valence-electron chi connectivity index (χ0n) is 48.3. The summed E-state index contributed by atoms with van der Waals surface area (Å²) in [5, 5.41) is 0. The van der Waals surface area contributed by atoms with E-state index in [2.05, 4.69) is 299 Å². The van der Waals surface area contributed by atoms with Crippen molar-refractivity contribution in [1.82, 2.24) is 0 Å². The van der Waals surface area contributed by atoms with E-state index < -0.39 is 0 Å². The van der Waals surface area contributed by atoms with Crippen LogP contribution in [-0.4, -0.2) is 26.9 Å². The highest BCUT2D eigenvalue weighted by Crippen LogP contribution is 2.57. The maximum Gasteiger partial charge on any atom is 0.256 e. The first-order chi connectivity index (χ1) is 44.7. The van der Waals surface area contributed by atoms with Crippen LogP contribution in [0.25, 0.3) is 0 Å². The van der Waals surface area contributed by atoms with E-state index in [0.717, 1.165) is 169 Å². The quantitative estimate of drug-likeness (QED) is 0.162. The average molecular weight is 1150 g/mol. The third-order valence-electron chi connectivity index (χ3n) is 20.0. The van der Waals surface area contributed by atoms with Crippen LogP contribution in [-0.2, 0) is 0 Å². The largest absolute Gasteiger partial charge is 0.456 e. The molecule has 21 rings (SSSR count). The number of nitrogens with zero attached hydrogens (tertiary/aromatic N) is 4. The second-order valence-corrected chi connectivity index (χ2v) is 24.4. The molecule has 13 aromatic rings. The van der Waals surface area contributed by atoms with Crippen LogP contribution in [0.3, 0.4) is 0 Å². The van der Waals surface area contributed by atoms with Gasteiger partial charge in [0.1, 0.15) is 46.0 Å². The second kappa shape index (κ2) is 18.1. The summed E-state index contributed by atoms with van der Waals surface area (Å²) in [6.07, 6.45) is 0. The van der Waals surface area contributed by atoms with E-state index in [-0.39, 0.29) is 26.9 Å². The molecule has 13 aromatic carbocycles. The van der Waals surface area contributed by atoms with Crippen LogP contribution in [0, 0.1) is 0 Å². The van der Waals surface area contributed by atoms with Gasteiger partial charge in [0, 0.05) is 67.4 Å². The first kappa shape index (κ1) is 48.6. The van der Waals surface area contributed by atoms with E-state index in [0.29, 0.717) is 0 Å². The van der Waals surface area contributed by atoms with Crippen molar-refractivity contribution in [1.29, 1.82) is 0 Å². The summed E-state index contributed by atoms with van der Waals surface area (Å²) in [7, 11) is 0. The smallest absolute Gasteiger partial charge is 0.256 e. The Hall–Kier alpha value is -11.5. The number of anilines is 12. The molecule has 0 spiro atoms. The second-order valence-electron chi connectivity index (χ2n) is 24.4. The molecule has 8 aliphatic heterocycles. The lowest BCUT2D eigenvalue weighted by molar-refractivity contribution is 0.477. The molecule has 0 unspecified atom stereocenters. The molecule has 0 aliphatic carbocycles. The lowest BCUT2D eigenvalue weighted by Crippen LogP contribution is -2.66. The summed E-state index contributed by atoms with van der Waals surface area (Å²) in [6, 6.07) is 101. The molecule has 8 heterocycles. The van der Waals surface area contributed by atoms with E-state index in [1.807, 2.05) is 0 Å². The van der Waals surface area contributed by atoms with Crippen molar-refractivity contribution in [2.45, 2.75) is 0 Å². The van der Waals surface area contributed by atoms with Crippen molar-refractivity contribution < 1.29 is 18.9 Å². The van der Waals surface area contributed by atoms with Crippen molar-refractivity contribution in [3.63, 3.8) is 0 Å². The van der Waals surface area contributed by atoms with Crippen molar-refractivity contribution in [3.05, 3.63) is 279 Å². The summed E-state index contributed by atoms with van der Waals surface area (Å²) in [6.45, 7) is -1.03. The van der Waals surface area contributed by atoms with Gasteiger partial charge in [0.15, 0.2) is 0 Å². The fourth-order valence-electron chi connectivity index (χ4n) is 16.6. The Labute approximate surface area is 521 Å². The van der Waals surface area contributed by atoms with Gasteiger partial charge in [-0.3, -0.25) is 0 Å². The average Bonchev–Trinajstić information content (AvgIpc) is 0.677. The summed E-state index contributed by atoms with van der Waals surface area (Å²) in [5.41, 5.74) is 25.6. The first-order valence-corrected chi connectivity index (χ1v) is 31.0. The Bertz CT molecular complexity index is 4970. The number of benzene rings is 13. The predicted molar refractivity (Wildman–Crippen MR) is 370 cm³/mol. The maximum atomic E-state index is 7.72. The van der Waals surface area contributed by atoms with Crippen LogP contribution in [0.5, 0.6) is 46.0 Å². The molecule has 0 amide bonds. The normalized spacial score (nSPS) is 14.4. The highest BCUT2D eigenvalue weighted by molar-refractivity contribution is 7.04. The molecule has 0 bridgehead atoms. The molecule has 0 fully saturated rings. The van der Waals surface area contributed by atoms with Crippen molar-refractivity contribution in [3.8, 4) is 46.0 Å². The lowest BCUT2D eigenvalue weighted by Gasteiger charge is -2.49. The molecule has 0 aromatic heterocycles. The van der Waals surface area contributed by atoms with Gasteiger partial charge in [0.2, 0.25) is 0 Å². The Kier molecular flexibility index (Phi) is 9.76. The third-order valence-corrected chi connectivity index (χ3v) is 20.0. The fraction of sp³-hybridized carbons (Fsp3) is 0. The molecule has 8 nitrogen and oxygen atoms in total. The molecule has 8 aliphatic rings. The van der Waals surface area contributed by atoms with Crippen LogP contribution in [0.2, 0.25) is 0 Å². The van der Waals surface area contributed by atoms with Gasteiger partial charge in [-0.05, 0) is 135 Å². The zero-order valence-corrected chi connectivity index (χ0v) is 48.3. The van der Waals surface area contributed by atoms with Gasteiger partial charge in [0.25, 0.3) is 26.9 Å². The minimum atomic E-state index is -0.327. The molecule has 0 N–H and O–H groups in total. The van der Waals surface area contributed by atoms with Crippen LogP contribution in [0.4, 0.5) is 68.2 Å². The minimum Gasteiger partial charge on any atom is -0.456 e. The van der Waals surface area contributed by atoms with Crippen LogP contribution >= 0.6 is 0 Å². The van der Waals surface area contributed by atoms with Gasteiger partial charge in [-0.15, -0.1) is 0 Å². The molecular formula is C78H46B4N4O4. The van der Waals surface area contributed by atoms with Crippen LogP contribution in [0.1, 0.15) is 0 Å². The zero-order chi connectivity index (χ0) is 58.4. The number of hydrogen-bond acceptors (Lipinski definition) is 8. The van der Waals surface area contributed by atoms with Crippen LogP contribution < -0.4 is 104 Å². The Morgan fingerprint density at radius 3 is 0.733 bits per heavy atom.